The van der Waals surface area contributed by atoms with E-state index in [1.54, 1.807) is 22.7 Å². The van der Waals surface area contributed by atoms with E-state index in [2.05, 4.69) is 5.32 Å². The second kappa shape index (κ2) is 7.93. The fraction of sp³-hybridized carbons (Fsp3) is 0.263. The second-order valence-electron chi connectivity index (χ2n) is 5.95. The number of halogens is 1. The minimum absolute atomic E-state index is 0.00752. The highest BCUT2D eigenvalue weighted by molar-refractivity contribution is 8.00. The SMILES string of the molecule is C[C@H]1CC(=O)N(CC(=O)NCc2ccccc2Cl)c2ccccc2S1. The first-order valence-corrected chi connectivity index (χ1v) is 9.36. The quantitative estimate of drug-likeness (QED) is 0.883. The van der Waals surface area contributed by atoms with Gasteiger partial charge in [0.1, 0.15) is 6.54 Å². The van der Waals surface area contributed by atoms with Crippen LogP contribution in [-0.4, -0.2) is 23.6 Å². The van der Waals surface area contributed by atoms with Crippen molar-refractivity contribution in [2.45, 2.75) is 30.0 Å². The van der Waals surface area contributed by atoms with Gasteiger partial charge in [-0.3, -0.25) is 9.59 Å². The summed E-state index contributed by atoms with van der Waals surface area (Å²) in [5, 5.41) is 3.65. The molecule has 6 heteroatoms. The number of rotatable bonds is 4. The van der Waals surface area contributed by atoms with Crippen molar-refractivity contribution in [3.63, 3.8) is 0 Å². The summed E-state index contributed by atoms with van der Waals surface area (Å²) < 4.78 is 0. The lowest BCUT2D eigenvalue weighted by Crippen LogP contribution is -2.40. The van der Waals surface area contributed by atoms with Crippen LogP contribution in [0.4, 0.5) is 5.69 Å². The van der Waals surface area contributed by atoms with E-state index in [0.29, 0.717) is 18.0 Å². The summed E-state index contributed by atoms with van der Waals surface area (Å²) in [6.45, 7) is 2.38. The van der Waals surface area contributed by atoms with E-state index in [-0.39, 0.29) is 23.6 Å². The van der Waals surface area contributed by atoms with Gasteiger partial charge in [0.2, 0.25) is 11.8 Å². The predicted octanol–water partition coefficient (Wildman–Crippen LogP) is 3.87. The number of benzene rings is 2. The fourth-order valence-corrected chi connectivity index (χ4v) is 4.06. The maximum atomic E-state index is 12.6. The van der Waals surface area contributed by atoms with Crippen molar-refractivity contribution in [3.05, 3.63) is 59.1 Å². The fourth-order valence-electron chi connectivity index (χ4n) is 2.74. The lowest BCUT2D eigenvalue weighted by Gasteiger charge is -2.22. The van der Waals surface area contributed by atoms with Crippen LogP contribution in [-0.2, 0) is 16.1 Å². The molecule has 0 bridgehead atoms. The number of nitrogens with zero attached hydrogens (tertiary/aromatic N) is 1. The number of carbonyl (C=O) groups excluding carboxylic acids is 2. The molecule has 4 nitrogen and oxygen atoms in total. The van der Waals surface area contributed by atoms with Crippen LogP contribution in [0.25, 0.3) is 0 Å². The molecule has 130 valence electrons. The predicted molar refractivity (Wildman–Crippen MR) is 102 cm³/mol. The van der Waals surface area contributed by atoms with Gasteiger partial charge in [0, 0.05) is 28.1 Å². The number of carbonyl (C=O) groups is 2. The largest absolute Gasteiger partial charge is 0.350 e. The normalized spacial score (nSPS) is 17.0. The van der Waals surface area contributed by atoms with Crippen LogP contribution < -0.4 is 10.2 Å². The van der Waals surface area contributed by atoms with Crippen LogP contribution in [0.1, 0.15) is 18.9 Å². The molecule has 1 aliphatic heterocycles. The van der Waals surface area contributed by atoms with E-state index in [0.717, 1.165) is 16.1 Å². The van der Waals surface area contributed by atoms with Gasteiger partial charge >= 0.3 is 0 Å². The lowest BCUT2D eigenvalue weighted by molar-refractivity contribution is -0.123. The van der Waals surface area contributed by atoms with Crippen molar-refractivity contribution in [1.29, 1.82) is 0 Å². The number of hydrogen-bond acceptors (Lipinski definition) is 3. The molecule has 0 aromatic heterocycles. The van der Waals surface area contributed by atoms with Crippen LogP contribution >= 0.6 is 23.4 Å². The Morgan fingerprint density at radius 3 is 2.76 bits per heavy atom. The van der Waals surface area contributed by atoms with Gasteiger partial charge in [-0.25, -0.2) is 0 Å². The Hall–Kier alpha value is -1.98. The average Bonchev–Trinajstić information content (AvgIpc) is 2.70. The third kappa shape index (κ3) is 4.35. The van der Waals surface area contributed by atoms with Crippen LogP contribution in [0.2, 0.25) is 5.02 Å². The summed E-state index contributed by atoms with van der Waals surface area (Å²) >= 11 is 7.78. The molecule has 2 aromatic rings. The van der Waals surface area contributed by atoms with E-state index in [1.165, 1.54) is 0 Å². The van der Waals surface area contributed by atoms with E-state index in [4.69, 9.17) is 11.6 Å². The Kier molecular flexibility index (Phi) is 5.66. The molecule has 2 aromatic carbocycles. The summed E-state index contributed by atoms with van der Waals surface area (Å²) in [6.07, 6.45) is 0.414. The standard InChI is InChI=1S/C19H19ClN2O2S/c1-13-10-19(24)22(16-8-4-5-9-17(16)25-13)12-18(23)21-11-14-6-2-3-7-15(14)20/h2-9,13H,10-12H2,1H3,(H,21,23)/t13-/m0/s1. The van der Waals surface area contributed by atoms with Gasteiger partial charge in [-0.05, 0) is 23.8 Å². The van der Waals surface area contributed by atoms with Gasteiger partial charge in [-0.2, -0.15) is 0 Å². The van der Waals surface area contributed by atoms with Crippen molar-refractivity contribution in [3.8, 4) is 0 Å². The highest BCUT2D eigenvalue weighted by atomic mass is 35.5. The van der Waals surface area contributed by atoms with Crippen molar-refractivity contribution < 1.29 is 9.59 Å². The first kappa shape index (κ1) is 17.8. The zero-order valence-electron chi connectivity index (χ0n) is 13.9. The van der Waals surface area contributed by atoms with E-state index < -0.39 is 0 Å². The molecule has 0 aliphatic carbocycles. The lowest BCUT2D eigenvalue weighted by atomic mass is 10.2. The van der Waals surface area contributed by atoms with Crippen LogP contribution in [0, 0.1) is 0 Å². The molecule has 3 rings (SSSR count). The Balaban J connectivity index is 1.71. The topological polar surface area (TPSA) is 49.4 Å². The van der Waals surface area contributed by atoms with Gasteiger partial charge < -0.3 is 10.2 Å². The van der Waals surface area contributed by atoms with Gasteiger partial charge in [0.15, 0.2) is 0 Å². The average molecular weight is 375 g/mol. The Bertz CT molecular complexity index is 796. The van der Waals surface area contributed by atoms with Gasteiger partial charge in [-0.15, -0.1) is 11.8 Å². The van der Waals surface area contributed by atoms with Crippen LogP contribution in [0.3, 0.4) is 0 Å². The highest BCUT2D eigenvalue weighted by Crippen LogP contribution is 2.37. The number of fused-ring (bicyclic) bond motifs is 1. The van der Waals surface area contributed by atoms with Crippen molar-refractivity contribution in [2.24, 2.45) is 0 Å². The third-order valence-electron chi connectivity index (χ3n) is 3.98. The van der Waals surface area contributed by atoms with Crippen LogP contribution in [0.15, 0.2) is 53.4 Å². The summed E-state index contributed by atoms with van der Waals surface area (Å²) in [7, 11) is 0. The van der Waals surface area contributed by atoms with Crippen molar-refractivity contribution in [2.75, 3.05) is 11.4 Å². The van der Waals surface area contributed by atoms with Crippen molar-refractivity contribution in [1.82, 2.24) is 5.32 Å². The monoisotopic (exact) mass is 374 g/mol. The number of amides is 2. The number of anilines is 1. The number of hydrogen-bond donors (Lipinski definition) is 1. The molecule has 25 heavy (non-hydrogen) atoms. The number of para-hydroxylation sites is 1. The molecule has 1 atom stereocenters. The smallest absolute Gasteiger partial charge is 0.240 e. The number of nitrogens with one attached hydrogen (secondary N) is 1. The molecule has 0 saturated carbocycles. The second-order valence-corrected chi connectivity index (χ2v) is 7.84. The summed E-state index contributed by atoms with van der Waals surface area (Å²) in [5.74, 6) is -0.236. The molecular weight excluding hydrogens is 356 g/mol. The molecule has 0 radical (unpaired) electrons. The van der Waals surface area contributed by atoms with Crippen molar-refractivity contribution >= 4 is 40.9 Å². The Labute approximate surface area is 156 Å². The van der Waals surface area contributed by atoms with Gasteiger partial charge in [-0.1, -0.05) is 48.9 Å². The molecule has 0 unspecified atom stereocenters. The van der Waals surface area contributed by atoms with E-state index in [9.17, 15) is 9.59 Å². The first-order valence-electron chi connectivity index (χ1n) is 8.11. The van der Waals surface area contributed by atoms with Gasteiger partial charge in [0.05, 0.1) is 5.69 Å². The summed E-state index contributed by atoms with van der Waals surface area (Å²) in [6, 6.07) is 15.1. The van der Waals surface area contributed by atoms with E-state index >= 15 is 0 Å². The summed E-state index contributed by atoms with van der Waals surface area (Å²) in [4.78, 5) is 27.6. The Morgan fingerprint density at radius 2 is 1.96 bits per heavy atom. The van der Waals surface area contributed by atoms with Crippen LogP contribution in [0.5, 0.6) is 0 Å². The molecule has 0 saturated heterocycles. The Morgan fingerprint density at radius 1 is 1.24 bits per heavy atom. The highest BCUT2D eigenvalue weighted by Gasteiger charge is 2.27. The van der Waals surface area contributed by atoms with E-state index in [1.807, 2.05) is 49.4 Å². The maximum absolute atomic E-state index is 12.6. The summed E-state index contributed by atoms with van der Waals surface area (Å²) in [5.41, 5.74) is 1.65. The van der Waals surface area contributed by atoms with Gasteiger partial charge in [0.25, 0.3) is 0 Å². The third-order valence-corrected chi connectivity index (χ3v) is 5.52. The molecule has 0 spiro atoms. The zero-order chi connectivity index (χ0) is 17.8. The molecule has 1 N–H and O–H groups in total. The molecule has 0 fully saturated rings. The number of thioether (sulfide) groups is 1. The molecular formula is C19H19ClN2O2S. The minimum Gasteiger partial charge on any atom is -0.350 e. The minimum atomic E-state index is -0.206. The maximum Gasteiger partial charge on any atom is 0.240 e. The molecule has 1 heterocycles. The first-order chi connectivity index (χ1) is 12.0. The zero-order valence-corrected chi connectivity index (χ0v) is 15.4. The molecule has 1 aliphatic rings. The molecule has 2 amide bonds.